The summed E-state index contributed by atoms with van der Waals surface area (Å²) in [5.74, 6) is -0.0388. The number of aromatic nitrogens is 1. The highest BCUT2D eigenvalue weighted by Gasteiger charge is 2.11. The van der Waals surface area contributed by atoms with Crippen molar-refractivity contribution >= 4 is 21.8 Å². The number of pyridine rings is 1. The highest BCUT2D eigenvalue weighted by atomic mass is 79.9. The third-order valence-electron chi connectivity index (χ3n) is 2.81. The van der Waals surface area contributed by atoms with E-state index in [1.807, 2.05) is 0 Å². The van der Waals surface area contributed by atoms with Crippen LogP contribution in [0.3, 0.4) is 0 Å². The first-order valence-electron chi connectivity index (χ1n) is 6.06. The van der Waals surface area contributed by atoms with E-state index in [0.717, 1.165) is 23.9 Å². The summed E-state index contributed by atoms with van der Waals surface area (Å²) in [6, 6.07) is 1.75. The molecule has 1 rings (SSSR count). The fourth-order valence-electron chi connectivity index (χ4n) is 1.64. The van der Waals surface area contributed by atoms with E-state index in [2.05, 4.69) is 22.9 Å². The molecule has 0 atom stereocenters. The lowest BCUT2D eigenvalue weighted by molar-refractivity contribution is -0.130. The Morgan fingerprint density at radius 3 is 2.78 bits per heavy atom. The lowest BCUT2D eigenvalue weighted by Gasteiger charge is -2.17. The van der Waals surface area contributed by atoms with Gasteiger partial charge in [-0.05, 0) is 35.3 Å². The van der Waals surface area contributed by atoms with Crippen LogP contribution in [0.5, 0.6) is 0 Å². The van der Waals surface area contributed by atoms with Gasteiger partial charge in [0.2, 0.25) is 5.91 Å². The van der Waals surface area contributed by atoms with E-state index in [4.69, 9.17) is 0 Å². The number of hydrogen-bond acceptors (Lipinski definition) is 2. The summed E-state index contributed by atoms with van der Waals surface area (Å²) in [6.45, 7) is 4.66. The number of carbonyl (C=O) groups is 1. The highest BCUT2D eigenvalue weighted by molar-refractivity contribution is 9.10. The Bertz CT molecular complexity index is 482. The van der Waals surface area contributed by atoms with E-state index in [0.29, 0.717) is 5.56 Å². The van der Waals surface area contributed by atoms with Crippen molar-refractivity contribution in [1.29, 1.82) is 0 Å². The summed E-state index contributed by atoms with van der Waals surface area (Å²) < 4.78 is 2.26. The number of aryl methyl sites for hydroxylation is 1. The van der Waals surface area contributed by atoms with E-state index in [-0.39, 0.29) is 18.0 Å². The molecule has 0 unspecified atom stereocenters. The van der Waals surface area contributed by atoms with E-state index in [1.165, 1.54) is 4.57 Å². The van der Waals surface area contributed by atoms with Crippen LogP contribution >= 0.6 is 15.9 Å². The lowest BCUT2D eigenvalue weighted by atomic mass is 10.3. The topological polar surface area (TPSA) is 42.3 Å². The molecule has 0 saturated heterocycles. The summed E-state index contributed by atoms with van der Waals surface area (Å²) in [7, 11) is 1.77. The van der Waals surface area contributed by atoms with Crippen LogP contribution in [0.4, 0.5) is 0 Å². The molecule has 1 aromatic rings. The third kappa shape index (κ3) is 3.98. The maximum absolute atomic E-state index is 11.9. The van der Waals surface area contributed by atoms with Crippen LogP contribution in [-0.4, -0.2) is 29.0 Å². The first-order valence-corrected chi connectivity index (χ1v) is 6.85. The Labute approximate surface area is 116 Å². The Hall–Kier alpha value is -1.10. The molecule has 100 valence electrons. The van der Waals surface area contributed by atoms with Gasteiger partial charge in [-0.25, -0.2) is 0 Å². The van der Waals surface area contributed by atoms with E-state index >= 15 is 0 Å². The van der Waals surface area contributed by atoms with Gasteiger partial charge in [-0.15, -0.1) is 0 Å². The van der Waals surface area contributed by atoms with Crippen molar-refractivity contribution in [3.05, 3.63) is 32.7 Å². The molecule has 1 heterocycles. The Kier molecular flexibility index (Phi) is 5.59. The lowest BCUT2D eigenvalue weighted by Crippen LogP contribution is -2.34. The molecule has 1 aromatic heterocycles. The summed E-state index contributed by atoms with van der Waals surface area (Å²) in [4.78, 5) is 25.5. The minimum atomic E-state index is -0.115. The van der Waals surface area contributed by atoms with Gasteiger partial charge in [-0.2, -0.15) is 0 Å². The van der Waals surface area contributed by atoms with Crippen molar-refractivity contribution in [3.63, 3.8) is 0 Å². The molecule has 0 aliphatic rings. The molecule has 18 heavy (non-hydrogen) atoms. The molecule has 1 amide bonds. The monoisotopic (exact) mass is 314 g/mol. The zero-order valence-corrected chi connectivity index (χ0v) is 12.7. The van der Waals surface area contributed by atoms with Gasteiger partial charge in [0.15, 0.2) is 0 Å². The van der Waals surface area contributed by atoms with Crippen LogP contribution in [0.2, 0.25) is 0 Å². The average Bonchev–Trinajstić information content (AvgIpc) is 2.32. The number of hydrogen-bond donors (Lipinski definition) is 0. The predicted octanol–water partition coefficient (Wildman–Crippen LogP) is 2.18. The van der Waals surface area contributed by atoms with Crippen molar-refractivity contribution in [3.8, 4) is 0 Å². The van der Waals surface area contributed by atoms with Gasteiger partial charge in [-0.3, -0.25) is 9.59 Å². The Morgan fingerprint density at radius 1 is 1.50 bits per heavy atom. The molecule has 0 radical (unpaired) electrons. The second-order valence-corrected chi connectivity index (χ2v) is 5.36. The SMILES string of the molecule is CCCCN(C)C(=O)Cn1cc(Br)cc(C)c1=O. The number of halogens is 1. The Balaban J connectivity index is 2.79. The molecule has 0 aliphatic carbocycles. The van der Waals surface area contributed by atoms with Crippen LogP contribution < -0.4 is 5.56 Å². The molecule has 0 aromatic carbocycles. The molecular weight excluding hydrogens is 296 g/mol. The van der Waals surface area contributed by atoms with Crippen LogP contribution in [0, 0.1) is 6.92 Å². The molecular formula is C13H19BrN2O2. The number of amides is 1. The fourth-order valence-corrected chi connectivity index (χ4v) is 2.23. The first kappa shape index (κ1) is 15.0. The minimum Gasteiger partial charge on any atom is -0.344 e. The van der Waals surface area contributed by atoms with Crippen molar-refractivity contribution in [2.24, 2.45) is 0 Å². The van der Waals surface area contributed by atoms with Gasteiger partial charge < -0.3 is 9.47 Å². The van der Waals surface area contributed by atoms with Gasteiger partial charge in [0.25, 0.3) is 5.56 Å². The summed E-state index contributed by atoms with van der Waals surface area (Å²) >= 11 is 3.33. The number of rotatable bonds is 5. The van der Waals surface area contributed by atoms with Crippen molar-refractivity contribution < 1.29 is 4.79 Å². The van der Waals surface area contributed by atoms with E-state index < -0.39 is 0 Å². The molecule has 0 fully saturated rings. The smallest absolute Gasteiger partial charge is 0.253 e. The standard InChI is InChI=1S/C13H19BrN2O2/c1-4-5-6-15(3)12(17)9-16-8-11(14)7-10(2)13(16)18/h7-8H,4-6,9H2,1-3H3. The van der Waals surface area contributed by atoms with Gasteiger partial charge in [0, 0.05) is 29.8 Å². The number of unbranched alkanes of at least 4 members (excludes halogenated alkanes) is 1. The molecule has 0 aliphatic heterocycles. The maximum atomic E-state index is 11.9. The van der Waals surface area contributed by atoms with Crippen LogP contribution in [0.25, 0.3) is 0 Å². The van der Waals surface area contributed by atoms with Crippen LogP contribution in [0.15, 0.2) is 21.5 Å². The van der Waals surface area contributed by atoms with Gasteiger partial charge >= 0.3 is 0 Å². The zero-order valence-electron chi connectivity index (χ0n) is 11.1. The second-order valence-electron chi connectivity index (χ2n) is 4.44. The number of likely N-dealkylation sites (N-methyl/N-ethyl adjacent to an activating group) is 1. The van der Waals surface area contributed by atoms with Crippen molar-refractivity contribution in [2.75, 3.05) is 13.6 Å². The summed E-state index contributed by atoms with van der Waals surface area (Å²) in [6.07, 6.45) is 3.68. The second kappa shape index (κ2) is 6.73. The van der Waals surface area contributed by atoms with Crippen molar-refractivity contribution in [1.82, 2.24) is 9.47 Å². The van der Waals surface area contributed by atoms with Crippen molar-refractivity contribution in [2.45, 2.75) is 33.2 Å². The maximum Gasteiger partial charge on any atom is 0.253 e. The molecule has 0 N–H and O–H groups in total. The van der Waals surface area contributed by atoms with Gasteiger partial charge in [0.1, 0.15) is 6.54 Å². The number of nitrogens with zero attached hydrogens (tertiary/aromatic N) is 2. The highest BCUT2D eigenvalue weighted by Crippen LogP contribution is 2.08. The minimum absolute atomic E-state index is 0.0388. The predicted molar refractivity (Wildman–Crippen MR) is 75.7 cm³/mol. The van der Waals surface area contributed by atoms with E-state index in [9.17, 15) is 9.59 Å². The van der Waals surface area contributed by atoms with E-state index in [1.54, 1.807) is 31.1 Å². The molecule has 0 bridgehead atoms. The first-order chi connectivity index (χ1) is 8.45. The van der Waals surface area contributed by atoms with Crippen LogP contribution in [0.1, 0.15) is 25.3 Å². The van der Waals surface area contributed by atoms with Gasteiger partial charge in [-0.1, -0.05) is 13.3 Å². The molecule has 0 saturated carbocycles. The molecule has 0 spiro atoms. The molecule has 5 heteroatoms. The fraction of sp³-hybridized carbons (Fsp3) is 0.538. The Morgan fingerprint density at radius 2 is 2.17 bits per heavy atom. The quantitative estimate of drug-likeness (QED) is 0.836. The normalized spacial score (nSPS) is 10.4. The third-order valence-corrected chi connectivity index (χ3v) is 3.24. The van der Waals surface area contributed by atoms with Crippen LogP contribution in [-0.2, 0) is 11.3 Å². The number of carbonyl (C=O) groups excluding carboxylic acids is 1. The largest absolute Gasteiger partial charge is 0.344 e. The van der Waals surface area contributed by atoms with Gasteiger partial charge in [0.05, 0.1) is 0 Å². The zero-order chi connectivity index (χ0) is 13.7. The summed E-state index contributed by atoms with van der Waals surface area (Å²) in [5, 5.41) is 0. The molecule has 4 nitrogen and oxygen atoms in total. The average molecular weight is 315 g/mol. The summed E-state index contributed by atoms with van der Waals surface area (Å²) in [5.41, 5.74) is 0.517.